The van der Waals surface area contributed by atoms with Crippen molar-refractivity contribution in [1.82, 2.24) is 4.72 Å². The predicted molar refractivity (Wildman–Crippen MR) is 107 cm³/mol. The Hall–Kier alpha value is -2.34. The molecule has 2 N–H and O–H groups in total. The Morgan fingerprint density at radius 2 is 1.33 bits per heavy atom. The van der Waals surface area contributed by atoms with Gasteiger partial charge < -0.3 is 5.11 Å². The van der Waals surface area contributed by atoms with Gasteiger partial charge in [-0.2, -0.15) is 0 Å². The van der Waals surface area contributed by atoms with Gasteiger partial charge in [0.05, 0.1) is 4.90 Å². The lowest BCUT2D eigenvalue weighted by Gasteiger charge is -2.28. The van der Waals surface area contributed by atoms with Crippen LogP contribution in [0.2, 0.25) is 0 Å². The molecule has 2 rings (SSSR count). The average molecular weight is 390 g/mol. The molecule has 0 aliphatic rings. The molecule has 2 aromatic rings. The molecule has 2 aromatic carbocycles. The zero-order chi connectivity index (χ0) is 20.6. The van der Waals surface area contributed by atoms with Crippen LogP contribution in [-0.4, -0.2) is 19.4 Å². The van der Waals surface area contributed by atoms with Gasteiger partial charge in [0.1, 0.15) is 5.75 Å². The highest BCUT2D eigenvalue weighted by molar-refractivity contribution is 7.90. The summed E-state index contributed by atoms with van der Waals surface area (Å²) in [6.45, 7) is 11.6. The van der Waals surface area contributed by atoms with Gasteiger partial charge >= 0.3 is 0 Å². The van der Waals surface area contributed by atoms with Gasteiger partial charge in [-0.15, -0.1) is 0 Å². The van der Waals surface area contributed by atoms with E-state index in [2.05, 4.69) is 4.72 Å². The Kier molecular flexibility index (Phi) is 5.44. The molecule has 27 heavy (non-hydrogen) atoms. The van der Waals surface area contributed by atoms with Crippen LogP contribution in [0.4, 0.5) is 0 Å². The molecule has 146 valence electrons. The van der Waals surface area contributed by atoms with E-state index < -0.39 is 26.8 Å². The number of phenolic OH excluding ortho intramolecular Hbond substituents is 1. The molecule has 0 unspecified atom stereocenters. The molecule has 0 saturated carbocycles. The molecule has 0 heterocycles. The van der Waals surface area contributed by atoms with Gasteiger partial charge in [-0.3, -0.25) is 4.79 Å². The van der Waals surface area contributed by atoms with Crippen LogP contribution in [-0.2, 0) is 20.9 Å². The number of sulfonamides is 1. The summed E-state index contributed by atoms with van der Waals surface area (Å²) < 4.78 is 27.0. The summed E-state index contributed by atoms with van der Waals surface area (Å²) in [5.41, 5.74) is 0.550. The molecule has 0 radical (unpaired) electrons. The fourth-order valence-electron chi connectivity index (χ4n) is 2.75. The normalized spacial score (nSPS) is 12.7. The Morgan fingerprint density at radius 3 is 1.74 bits per heavy atom. The van der Waals surface area contributed by atoms with E-state index in [0.717, 1.165) is 0 Å². The lowest BCUT2D eigenvalue weighted by Crippen LogP contribution is -2.31. The Labute approximate surface area is 161 Å². The number of amides is 1. The third kappa shape index (κ3) is 4.69. The van der Waals surface area contributed by atoms with E-state index >= 15 is 0 Å². The Bertz CT molecular complexity index is 915. The van der Waals surface area contributed by atoms with Crippen LogP contribution < -0.4 is 4.72 Å². The number of hydrogen-bond acceptors (Lipinski definition) is 4. The molecule has 1 amide bonds. The highest BCUT2D eigenvalue weighted by Crippen LogP contribution is 2.39. The van der Waals surface area contributed by atoms with E-state index in [-0.39, 0.29) is 16.2 Å². The molecule has 0 atom stereocenters. The average Bonchev–Trinajstić information content (AvgIpc) is 2.53. The molecule has 0 aromatic heterocycles. The number of hydrogen-bond donors (Lipinski definition) is 2. The first-order chi connectivity index (χ1) is 12.2. The standard InChI is InChI=1S/C21H27NO4S/c1-20(2,3)16-12-14(13-17(18(16)23)21(4,5)6)19(24)22-27(25,26)15-10-8-7-9-11-15/h7-13,23H,1-6H3,(H,22,24). The lowest BCUT2D eigenvalue weighted by atomic mass is 9.78. The van der Waals surface area contributed by atoms with E-state index in [0.29, 0.717) is 11.1 Å². The maximum Gasteiger partial charge on any atom is 0.265 e. The third-order valence-electron chi connectivity index (χ3n) is 4.27. The number of carbonyl (C=O) groups is 1. The second-order valence-electron chi connectivity index (χ2n) is 8.67. The van der Waals surface area contributed by atoms with Gasteiger partial charge in [0, 0.05) is 16.7 Å². The van der Waals surface area contributed by atoms with Crippen molar-refractivity contribution in [1.29, 1.82) is 0 Å². The molecular formula is C21H27NO4S. The maximum absolute atomic E-state index is 12.7. The van der Waals surface area contributed by atoms with Crippen LogP contribution in [0, 0.1) is 0 Å². The largest absolute Gasteiger partial charge is 0.507 e. The minimum atomic E-state index is -3.98. The summed E-state index contributed by atoms with van der Waals surface area (Å²) >= 11 is 0. The third-order valence-corrected chi connectivity index (χ3v) is 5.62. The zero-order valence-corrected chi connectivity index (χ0v) is 17.4. The van der Waals surface area contributed by atoms with Gasteiger partial charge in [0.15, 0.2) is 0 Å². The number of aromatic hydroxyl groups is 1. The van der Waals surface area contributed by atoms with E-state index in [1.54, 1.807) is 30.3 Å². The van der Waals surface area contributed by atoms with Crippen molar-refractivity contribution >= 4 is 15.9 Å². The van der Waals surface area contributed by atoms with Crippen molar-refractivity contribution in [3.8, 4) is 5.75 Å². The van der Waals surface area contributed by atoms with Crippen molar-refractivity contribution in [3.63, 3.8) is 0 Å². The van der Waals surface area contributed by atoms with Crippen molar-refractivity contribution in [2.45, 2.75) is 57.3 Å². The second kappa shape index (κ2) is 7.00. The van der Waals surface area contributed by atoms with E-state index in [9.17, 15) is 18.3 Å². The number of phenols is 1. The van der Waals surface area contributed by atoms with Crippen LogP contribution in [0.25, 0.3) is 0 Å². The summed E-state index contributed by atoms with van der Waals surface area (Å²) in [5.74, 6) is -0.590. The van der Waals surface area contributed by atoms with Crippen LogP contribution in [0.3, 0.4) is 0 Å². The zero-order valence-electron chi connectivity index (χ0n) is 16.6. The predicted octanol–water partition coefficient (Wildman–Crippen LogP) is 4.11. The van der Waals surface area contributed by atoms with Crippen molar-refractivity contribution in [3.05, 3.63) is 59.2 Å². The van der Waals surface area contributed by atoms with Crippen molar-refractivity contribution < 1.29 is 18.3 Å². The fraction of sp³-hybridized carbons (Fsp3) is 0.381. The minimum Gasteiger partial charge on any atom is -0.507 e. The minimum absolute atomic E-state index is 0.0178. The van der Waals surface area contributed by atoms with Crippen LogP contribution in [0.1, 0.15) is 63.0 Å². The van der Waals surface area contributed by atoms with Crippen molar-refractivity contribution in [2.24, 2.45) is 0 Å². The van der Waals surface area contributed by atoms with Gasteiger partial charge in [-0.1, -0.05) is 59.7 Å². The second-order valence-corrected chi connectivity index (χ2v) is 10.4. The van der Waals surface area contributed by atoms with Crippen LogP contribution in [0.15, 0.2) is 47.4 Å². The van der Waals surface area contributed by atoms with Crippen LogP contribution >= 0.6 is 0 Å². The first-order valence-electron chi connectivity index (χ1n) is 8.73. The first-order valence-corrected chi connectivity index (χ1v) is 10.2. The Morgan fingerprint density at radius 1 is 0.889 bits per heavy atom. The summed E-state index contributed by atoms with van der Waals surface area (Å²) in [7, 11) is -3.98. The molecule has 0 aliphatic carbocycles. The van der Waals surface area contributed by atoms with Gasteiger partial charge in [-0.25, -0.2) is 13.1 Å². The monoisotopic (exact) mass is 389 g/mol. The lowest BCUT2D eigenvalue weighted by molar-refractivity contribution is 0.0981. The van der Waals surface area contributed by atoms with Crippen LogP contribution in [0.5, 0.6) is 5.75 Å². The first kappa shape index (κ1) is 21.0. The molecule has 5 nitrogen and oxygen atoms in total. The molecule has 0 spiro atoms. The summed E-state index contributed by atoms with van der Waals surface area (Å²) in [4.78, 5) is 12.7. The Balaban J connectivity index is 2.53. The molecule has 0 fully saturated rings. The van der Waals surface area contributed by atoms with E-state index in [1.165, 1.54) is 12.1 Å². The molecule has 0 saturated heterocycles. The van der Waals surface area contributed by atoms with E-state index in [4.69, 9.17) is 0 Å². The maximum atomic E-state index is 12.7. The van der Waals surface area contributed by atoms with Crippen molar-refractivity contribution in [2.75, 3.05) is 0 Å². The SMILES string of the molecule is CC(C)(C)c1cc(C(=O)NS(=O)(=O)c2ccccc2)cc(C(C)(C)C)c1O. The highest BCUT2D eigenvalue weighted by atomic mass is 32.2. The summed E-state index contributed by atoms with van der Waals surface area (Å²) in [6, 6.07) is 10.8. The van der Waals surface area contributed by atoms with Gasteiger partial charge in [0.2, 0.25) is 0 Å². The number of carbonyl (C=O) groups excluding carboxylic acids is 1. The molecular weight excluding hydrogens is 362 g/mol. The van der Waals surface area contributed by atoms with Gasteiger partial charge in [0.25, 0.3) is 15.9 Å². The van der Waals surface area contributed by atoms with Gasteiger partial charge in [-0.05, 0) is 35.1 Å². The molecule has 0 aliphatic heterocycles. The number of benzene rings is 2. The smallest absolute Gasteiger partial charge is 0.265 e. The number of nitrogens with one attached hydrogen (secondary N) is 1. The molecule has 0 bridgehead atoms. The highest BCUT2D eigenvalue weighted by Gasteiger charge is 2.28. The fourth-order valence-corrected chi connectivity index (χ4v) is 3.74. The topological polar surface area (TPSA) is 83.5 Å². The summed E-state index contributed by atoms with van der Waals surface area (Å²) in [5, 5.41) is 10.7. The summed E-state index contributed by atoms with van der Waals surface area (Å²) in [6.07, 6.45) is 0. The number of rotatable bonds is 3. The molecule has 6 heteroatoms. The van der Waals surface area contributed by atoms with E-state index in [1.807, 2.05) is 41.5 Å². The quantitative estimate of drug-likeness (QED) is 0.828.